The highest BCUT2D eigenvalue weighted by Crippen LogP contribution is 2.26. The zero-order valence-electron chi connectivity index (χ0n) is 10.2. The van der Waals surface area contributed by atoms with Crippen LogP contribution in [0.2, 0.25) is 10.0 Å². The second kappa shape index (κ2) is 7.62. The van der Waals surface area contributed by atoms with Gasteiger partial charge >= 0.3 is 0 Å². The lowest BCUT2D eigenvalue weighted by molar-refractivity contribution is -0.121. The Labute approximate surface area is 117 Å². The smallest absolute Gasteiger partial charge is 0.219 e. The second-order valence-electron chi connectivity index (χ2n) is 4.08. The second-order valence-corrected chi connectivity index (χ2v) is 4.89. The maximum absolute atomic E-state index is 11.2. The SMILES string of the molecule is CCCC(=O)NCC[C@@H](O)c1ccc(Cl)c(Cl)c1. The number of rotatable bonds is 6. The molecule has 3 nitrogen and oxygen atoms in total. The van der Waals surface area contributed by atoms with Gasteiger partial charge in [-0.3, -0.25) is 4.79 Å². The van der Waals surface area contributed by atoms with Gasteiger partial charge in [-0.1, -0.05) is 36.2 Å². The van der Waals surface area contributed by atoms with Crippen molar-refractivity contribution in [2.24, 2.45) is 0 Å². The average Bonchev–Trinajstić information content (AvgIpc) is 2.33. The first kappa shape index (κ1) is 15.3. The van der Waals surface area contributed by atoms with Crippen LogP contribution in [0.5, 0.6) is 0 Å². The van der Waals surface area contributed by atoms with E-state index in [4.69, 9.17) is 23.2 Å². The predicted octanol–water partition coefficient (Wildman–Crippen LogP) is 3.33. The molecule has 18 heavy (non-hydrogen) atoms. The van der Waals surface area contributed by atoms with Crippen LogP contribution in [-0.4, -0.2) is 17.6 Å². The number of hydrogen-bond donors (Lipinski definition) is 2. The summed E-state index contributed by atoms with van der Waals surface area (Å²) in [4.78, 5) is 11.2. The van der Waals surface area contributed by atoms with Gasteiger partial charge < -0.3 is 10.4 Å². The van der Waals surface area contributed by atoms with E-state index in [1.807, 2.05) is 6.92 Å². The van der Waals surface area contributed by atoms with Gasteiger partial charge in [-0.25, -0.2) is 0 Å². The lowest BCUT2D eigenvalue weighted by atomic mass is 10.1. The molecule has 1 aromatic rings. The standard InChI is InChI=1S/C13H17Cl2NO2/c1-2-3-13(18)16-7-6-12(17)9-4-5-10(14)11(15)8-9/h4-5,8,12,17H,2-3,6-7H2,1H3,(H,16,18)/t12-/m1/s1. The topological polar surface area (TPSA) is 49.3 Å². The van der Waals surface area contributed by atoms with Crippen LogP contribution in [-0.2, 0) is 4.79 Å². The van der Waals surface area contributed by atoms with Gasteiger partial charge in [0.15, 0.2) is 0 Å². The Morgan fingerprint density at radius 3 is 2.72 bits per heavy atom. The zero-order chi connectivity index (χ0) is 13.5. The van der Waals surface area contributed by atoms with Crippen molar-refractivity contribution in [2.45, 2.75) is 32.3 Å². The van der Waals surface area contributed by atoms with Crippen molar-refractivity contribution in [1.82, 2.24) is 5.32 Å². The highest BCUT2D eigenvalue weighted by atomic mass is 35.5. The predicted molar refractivity (Wildman–Crippen MR) is 74.0 cm³/mol. The van der Waals surface area contributed by atoms with Gasteiger partial charge in [-0.15, -0.1) is 0 Å². The molecule has 0 radical (unpaired) electrons. The molecule has 1 rings (SSSR count). The molecule has 0 saturated heterocycles. The van der Waals surface area contributed by atoms with Crippen LogP contribution in [0.3, 0.4) is 0 Å². The quantitative estimate of drug-likeness (QED) is 0.844. The van der Waals surface area contributed by atoms with Gasteiger partial charge in [0, 0.05) is 13.0 Å². The molecular weight excluding hydrogens is 273 g/mol. The minimum atomic E-state index is -0.651. The van der Waals surface area contributed by atoms with E-state index in [1.54, 1.807) is 18.2 Å². The zero-order valence-corrected chi connectivity index (χ0v) is 11.8. The van der Waals surface area contributed by atoms with E-state index in [-0.39, 0.29) is 5.91 Å². The van der Waals surface area contributed by atoms with E-state index in [9.17, 15) is 9.90 Å². The van der Waals surface area contributed by atoms with Crippen molar-refractivity contribution >= 4 is 29.1 Å². The van der Waals surface area contributed by atoms with Gasteiger partial charge in [0.05, 0.1) is 16.1 Å². The summed E-state index contributed by atoms with van der Waals surface area (Å²) >= 11 is 11.7. The molecule has 5 heteroatoms. The largest absolute Gasteiger partial charge is 0.388 e. The van der Waals surface area contributed by atoms with Crippen LogP contribution >= 0.6 is 23.2 Å². The Morgan fingerprint density at radius 2 is 2.11 bits per heavy atom. The third-order valence-electron chi connectivity index (χ3n) is 2.55. The number of aliphatic hydroxyl groups is 1. The Kier molecular flexibility index (Phi) is 6.47. The number of amides is 1. The molecule has 0 spiro atoms. The van der Waals surface area contributed by atoms with E-state index in [2.05, 4.69) is 5.32 Å². The summed E-state index contributed by atoms with van der Waals surface area (Å²) in [6.07, 6.45) is 1.14. The molecule has 0 saturated carbocycles. The number of aliphatic hydroxyl groups excluding tert-OH is 1. The van der Waals surface area contributed by atoms with Crippen LogP contribution in [0.25, 0.3) is 0 Å². The summed E-state index contributed by atoms with van der Waals surface area (Å²) < 4.78 is 0. The first-order valence-electron chi connectivity index (χ1n) is 5.94. The molecule has 0 aromatic heterocycles. The lowest BCUT2D eigenvalue weighted by Crippen LogP contribution is -2.25. The summed E-state index contributed by atoms with van der Waals surface area (Å²) in [5.74, 6) is 0.0128. The molecule has 0 fully saturated rings. The molecule has 0 aliphatic rings. The van der Waals surface area contributed by atoms with Gasteiger partial charge in [0.1, 0.15) is 0 Å². The van der Waals surface area contributed by atoms with Crippen molar-refractivity contribution in [3.8, 4) is 0 Å². The highest BCUT2D eigenvalue weighted by molar-refractivity contribution is 6.42. The number of benzene rings is 1. The van der Waals surface area contributed by atoms with Crippen molar-refractivity contribution in [3.05, 3.63) is 33.8 Å². The summed E-state index contributed by atoms with van der Waals surface area (Å²) in [7, 11) is 0. The molecule has 1 aromatic carbocycles. The lowest BCUT2D eigenvalue weighted by Gasteiger charge is -2.12. The van der Waals surface area contributed by atoms with Crippen LogP contribution < -0.4 is 5.32 Å². The number of halogens is 2. The van der Waals surface area contributed by atoms with Crippen molar-refractivity contribution in [3.63, 3.8) is 0 Å². The molecule has 0 unspecified atom stereocenters. The maximum atomic E-state index is 11.2. The highest BCUT2D eigenvalue weighted by Gasteiger charge is 2.10. The van der Waals surface area contributed by atoms with E-state index in [0.29, 0.717) is 35.0 Å². The molecule has 1 atom stereocenters. The van der Waals surface area contributed by atoms with Gasteiger partial charge in [-0.05, 0) is 30.5 Å². The number of hydrogen-bond acceptors (Lipinski definition) is 2. The third-order valence-corrected chi connectivity index (χ3v) is 3.28. The van der Waals surface area contributed by atoms with Crippen molar-refractivity contribution < 1.29 is 9.90 Å². The van der Waals surface area contributed by atoms with E-state index >= 15 is 0 Å². The minimum Gasteiger partial charge on any atom is -0.388 e. The monoisotopic (exact) mass is 289 g/mol. The van der Waals surface area contributed by atoms with Crippen molar-refractivity contribution in [2.75, 3.05) is 6.54 Å². The van der Waals surface area contributed by atoms with E-state index < -0.39 is 6.10 Å². The van der Waals surface area contributed by atoms with Gasteiger partial charge in [0.2, 0.25) is 5.91 Å². The Bertz CT molecular complexity index is 410. The molecule has 0 aliphatic heterocycles. The first-order valence-corrected chi connectivity index (χ1v) is 6.70. The molecule has 2 N–H and O–H groups in total. The average molecular weight is 290 g/mol. The summed E-state index contributed by atoms with van der Waals surface area (Å²) in [6, 6.07) is 5.02. The van der Waals surface area contributed by atoms with Gasteiger partial charge in [-0.2, -0.15) is 0 Å². The van der Waals surface area contributed by atoms with E-state index in [0.717, 1.165) is 6.42 Å². The Morgan fingerprint density at radius 1 is 1.39 bits per heavy atom. The fourth-order valence-electron chi connectivity index (χ4n) is 1.55. The van der Waals surface area contributed by atoms with E-state index in [1.165, 1.54) is 0 Å². The van der Waals surface area contributed by atoms with Crippen LogP contribution in [0.4, 0.5) is 0 Å². The third kappa shape index (κ3) is 4.84. The van der Waals surface area contributed by atoms with Crippen molar-refractivity contribution in [1.29, 1.82) is 0 Å². The molecule has 0 heterocycles. The summed E-state index contributed by atoms with van der Waals surface area (Å²) in [5.41, 5.74) is 0.703. The maximum Gasteiger partial charge on any atom is 0.219 e. The Hall–Kier alpha value is -0.770. The first-order chi connectivity index (χ1) is 8.54. The summed E-state index contributed by atoms with van der Waals surface area (Å²) in [5, 5.41) is 13.6. The number of carbonyl (C=O) groups is 1. The van der Waals surface area contributed by atoms with Crippen LogP contribution in [0.15, 0.2) is 18.2 Å². The molecule has 1 amide bonds. The number of nitrogens with one attached hydrogen (secondary N) is 1. The molecular formula is C13H17Cl2NO2. The van der Waals surface area contributed by atoms with Crippen LogP contribution in [0.1, 0.15) is 37.9 Å². The normalized spacial score (nSPS) is 12.2. The fraction of sp³-hybridized carbons (Fsp3) is 0.462. The van der Waals surface area contributed by atoms with Gasteiger partial charge in [0.25, 0.3) is 0 Å². The minimum absolute atomic E-state index is 0.0128. The molecule has 0 aliphatic carbocycles. The molecule has 100 valence electrons. The fourth-order valence-corrected chi connectivity index (χ4v) is 1.86. The Balaban J connectivity index is 2.43. The molecule has 0 bridgehead atoms. The van der Waals surface area contributed by atoms with Crippen LogP contribution in [0, 0.1) is 0 Å². The summed E-state index contributed by atoms with van der Waals surface area (Å²) in [6.45, 7) is 2.39. The number of carbonyl (C=O) groups excluding carboxylic acids is 1.